The zero-order valence-electron chi connectivity index (χ0n) is 20.4. The highest BCUT2D eigenvalue weighted by atomic mass is 16.5. The molecule has 7 nitrogen and oxygen atoms in total. The molecular formula is C29H32N4O3. The van der Waals surface area contributed by atoms with Crippen LogP contribution >= 0.6 is 0 Å². The van der Waals surface area contributed by atoms with Gasteiger partial charge in [-0.3, -0.25) is 19.4 Å². The fraction of sp³-hybridized carbons (Fsp3) is 0.345. The van der Waals surface area contributed by atoms with Crippen molar-refractivity contribution >= 4 is 17.6 Å². The van der Waals surface area contributed by atoms with Gasteiger partial charge in [0, 0.05) is 50.4 Å². The van der Waals surface area contributed by atoms with Gasteiger partial charge in [-0.05, 0) is 37.0 Å². The third kappa shape index (κ3) is 5.74. The summed E-state index contributed by atoms with van der Waals surface area (Å²) in [6, 6.07) is 23.8. The van der Waals surface area contributed by atoms with Crippen LogP contribution in [-0.2, 0) is 16.1 Å². The van der Waals surface area contributed by atoms with Crippen LogP contribution < -0.4 is 15.0 Å². The van der Waals surface area contributed by atoms with E-state index in [4.69, 9.17) is 4.74 Å². The highest BCUT2D eigenvalue weighted by molar-refractivity contribution is 5.99. The number of hydrogen-bond acceptors (Lipinski definition) is 5. The van der Waals surface area contributed by atoms with Crippen molar-refractivity contribution in [2.75, 3.05) is 24.5 Å². The van der Waals surface area contributed by atoms with Crippen LogP contribution in [0.15, 0.2) is 79.0 Å². The number of likely N-dealkylation sites (tertiary alicyclic amines) is 1. The maximum absolute atomic E-state index is 13.3. The number of ether oxygens (including phenoxy) is 1. The van der Waals surface area contributed by atoms with Gasteiger partial charge in [-0.25, -0.2) is 4.98 Å². The third-order valence-electron chi connectivity index (χ3n) is 6.83. The summed E-state index contributed by atoms with van der Waals surface area (Å²) in [5.41, 5.74) is 2.13. The average Bonchev–Trinajstić information content (AvgIpc) is 2.92. The Morgan fingerprint density at radius 1 is 0.972 bits per heavy atom. The van der Waals surface area contributed by atoms with Crippen molar-refractivity contribution in [1.29, 1.82) is 0 Å². The second-order valence-corrected chi connectivity index (χ2v) is 9.43. The Hall–Kier alpha value is -3.71. The number of piperidine rings is 1. The lowest BCUT2D eigenvalue weighted by Gasteiger charge is -2.33. The van der Waals surface area contributed by atoms with Gasteiger partial charge < -0.3 is 10.1 Å². The van der Waals surface area contributed by atoms with E-state index in [0.717, 1.165) is 38.0 Å². The third-order valence-corrected chi connectivity index (χ3v) is 6.83. The van der Waals surface area contributed by atoms with Gasteiger partial charge in [0.25, 0.3) is 5.91 Å². The molecule has 2 amide bonds. The van der Waals surface area contributed by atoms with Crippen molar-refractivity contribution in [3.05, 3.63) is 90.1 Å². The van der Waals surface area contributed by atoms with Crippen LogP contribution in [-0.4, -0.2) is 47.4 Å². The molecule has 1 aromatic heterocycles. The second-order valence-electron chi connectivity index (χ2n) is 9.43. The van der Waals surface area contributed by atoms with Crippen LogP contribution in [0, 0.1) is 0 Å². The Morgan fingerprint density at radius 2 is 1.69 bits per heavy atom. The van der Waals surface area contributed by atoms with E-state index < -0.39 is 6.10 Å². The standard InChI is InChI=1S/C29H32N4O3/c34-26(31-24-15-19-32(20-16-24)21-22-9-3-1-4-10-22)14-8-18-33-28-25(13-7-17-30-28)36-27(29(33)35)23-11-5-2-6-12-23/h1-7,9-13,17,24,27H,8,14-16,18-21H2,(H,31,34). The molecule has 2 aromatic carbocycles. The lowest BCUT2D eigenvalue weighted by Crippen LogP contribution is -2.45. The molecule has 0 radical (unpaired) electrons. The van der Waals surface area contributed by atoms with Crippen LogP contribution in [0.3, 0.4) is 0 Å². The number of fused-ring (bicyclic) bond motifs is 1. The number of aromatic nitrogens is 1. The number of nitrogens with zero attached hydrogens (tertiary/aromatic N) is 3. The van der Waals surface area contributed by atoms with Gasteiger partial charge in [0.1, 0.15) is 0 Å². The summed E-state index contributed by atoms with van der Waals surface area (Å²) in [4.78, 5) is 34.4. The van der Waals surface area contributed by atoms with E-state index in [1.165, 1.54) is 5.56 Å². The van der Waals surface area contributed by atoms with E-state index in [1.807, 2.05) is 42.5 Å². The van der Waals surface area contributed by atoms with Crippen molar-refractivity contribution < 1.29 is 14.3 Å². The van der Waals surface area contributed by atoms with Crippen LogP contribution in [0.4, 0.5) is 5.82 Å². The van der Waals surface area contributed by atoms with Gasteiger partial charge in [0.2, 0.25) is 12.0 Å². The normalized spacial score (nSPS) is 18.4. The Morgan fingerprint density at radius 3 is 2.44 bits per heavy atom. The highest BCUT2D eigenvalue weighted by Crippen LogP contribution is 2.37. The molecule has 3 aromatic rings. The van der Waals surface area contributed by atoms with Crippen LogP contribution in [0.25, 0.3) is 0 Å². The van der Waals surface area contributed by atoms with Gasteiger partial charge in [-0.15, -0.1) is 0 Å². The lowest BCUT2D eigenvalue weighted by molar-refractivity contribution is -0.127. The van der Waals surface area contributed by atoms with E-state index in [0.29, 0.717) is 31.0 Å². The lowest BCUT2D eigenvalue weighted by atomic mass is 10.0. The van der Waals surface area contributed by atoms with Crippen molar-refractivity contribution in [2.45, 2.75) is 44.4 Å². The summed E-state index contributed by atoms with van der Waals surface area (Å²) >= 11 is 0. The van der Waals surface area contributed by atoms with Crippen LogP contribution in [0.2, 0.25) is 0 Å². The number of amides is 2. The van der Waals surface area contributed by atoms with Gasteiger partial charge in [-0.2, -0.15) is 0 Å². The number of rotatable bonds is 8. The first-order valence-corrected chi connectivity index (χ1v) is 12.7. The van der Waals surface area contributed by atoms with E-state index in [-0.39, 0.29) is 17.9 Å². The molecule has 0 spiro atoms. The maximum Gasteiger partial charge on any atom is 0.274 e. The minimum atomic E-state index is -0.710. The molecule has 2 aliphatic heterocycles. The fourth-order valence-electron chi connectivity index (χ4n) is 4.93. The van der Waals surface area contributed by atoms with Gasteiger partial charge in [-0.1, -0.05) is 60.7 Å². The molecule has 1 N–H and O–H groups in total. The predicted octanol–water partition coefficient (Wildman–Crippen LogP) is 4.11. The summed E-state index contributed by atoms with van der Waals surface area (Å²) in [5.74, 6) is 0.982. The zero-order valence-corrected chi connectivity index (χ0v) is 20.4. The monoisotopic (exact) mass is 484 g/mol. The molecule has 0 bridgehead atoms. The van der Waals surface area contributed by atoms with Gasteiger partial charge in [0.05, 0.1) is 0 Å². The molecule has 7 heteroatoms. The molecule has 5 rings (SSSR count). The molecule has 1 saturated heterocycles. The van der Waals surface area contributed by atoms with Crippen molar-refractivity contribution in [3.8, 4) is 5.75 Å². The van der Waals surface area contributed by atoms with Crippen molar-refractivity contribution in [3.63, 3.8) is 0 Å². The average molecular weight is 485 g/mol. The SMILES string of the molecule is O=C(CCCN1C(=O)C(c2ccccc2)Oc2cccnc21)NC1CCN(Cc2ccccc2)CC1. The number of anilines is 1. The van der Waals surface area contributed by atoms with Gasteiger partial charge >= 0.3 is 0 Å². The number of carbonyl (C=O) groups is 2. The molecule has 1 fully saturated rings. The first-order valence-electron chi connectivity index (χ1n) is 12.7. The van der Waals surface area contributed by atoms with Crippen molar-refractivity contribution in [2.24, 2.45) is 0 Å². The number of carbonyl (C=O) groups excluding carboxylic acids is 2. The number of benzene rings is 2. The maximum atomic E-state index is 13.3. The predicted molar refractivity (Wildman–Crippen MR) is 139 cm³/mol. The summed E-state index contributed by atoms with van der Waals surface area (Å²) in [7, 11) is 0. The van der Waals surface area contributed by atoms with E-state index in [1.54, 1.807) is 17.2 Å². The quantitative estimate of drug-likeness (QED) is 0.521. The largest absolute Gasteiger partial charge is 0.472 e. The molecule has 0 saturated carbocycles. The van der Waals surface area contributed by atoms with Crippen molar-refractivity contribution in [1.82, 2.24) is 15.2 Å². The molecule has 2 aliphatic rings. The molecule has 3 heterocycles. The Kier molecular flexibility index (Phi) is 7.57. The minimum absolute atomic E-state index is 0.0399. The summed E-state index contributed by atoms with van der Waals surface area (Å²) in [5, 5.41) is 3.20. The first kappa shape index (κ1) is 24.0. The summed E-state index contributed by atoms with van der Waals surface area (Å²) in [6.07, 6.45) is 3.78. The zero-order chi connectivity index (χ0) is 24.7. The fourth-order valence-corrected chi connectivity index (χ4v) is 4.93. The topological polar surface area (TPSA) is 74.8 Å². The van der Waals surface area contributed by atoms with Gasteiger partial charge in [0.15, 0.2) is 11.6 Å². The Balaban J connectivity index is 1.11. The Bertz CT molecular complexity index is 1160. The summed E-state index contributed by atoms with van der Waals surface area (Å²) < 4.78 is 6.00. The number of nitrogens with one attached hydrogen (secondary N) is 1. The molecule has 1 atom stereocenters. The molecule has 1 unspecified atom stereocenters. The van der Waals surface area contributed by atoms with E-state index in [2.05, 4.69) is 39.5 Å². The number of hydrogen-bond donors (Lipinski definition) is 1. The number of pyridine rings is 1. The van der Waals surface area contributed by atoms with E-state index in [9.17, 15) is 9.59 Å². The molecule has 36 heavy (non-hydrogen) atoms. The smallest absolute Gasteiger partial charge is 0.274 e. The molecule has 0 aliphatic carbocycles. The molecule has 186 valence electrons. The van der Waals surface area contributed by atoms with Crippen LogP contribution in [0.5, 0.6) is 5.75 Å². The van der Waals surface area contributed by atoms with Crippen LogP contribution in [0.1, 0.15) is 42.9 Å². The second kappa shape index (κ2) is 11.4. The Labute approximate surface area is 212 Å². The first-order chi connectivity index (χ1) is 17.7. The molecular weight excluding hydrogens is 452 g/mol. The highest BCUT2D eigenvalue weighted by Gasteiger charge is 2.36. The minimum Gasteiger partial charge on any atom is -0.472 e. The van der Waals surface area contributed by atoms with E-state index >= 15 is 0 Å². The summed E-state index contributed by atoms with van der Waals surface area (Å²) in [6.45, 7) is 3.32.